The lowest BCUT2D eigenvalue weighted by atomic mass is 10.0. The van der Waals surface area contributed by atoms with Crippen LogP contribution in [0.25, 0.3) is 0 Å². The van der Waals surface area contributed by atoms with Gasteiger partial charge in [0.15, 0.2) is 0 Å². The fourth-order valence-electron chi connectivity index (χ4n) is 2.36. The molecule has 0 radical (unpaired) electrons. The van der Waals surface area contributed by atoms with Crippen molar-refractivity contribution in [2.75, 3.05) is 19.6 Å². The van der Waals surface area contributed by atoms with Gasteiger partial charge in [0.05, 0.1) is 0 Å². The summed E-state index contributed by atoms with van der Waals surface area (Å²) >= 11 is 0. The molecule has 74 valence electrons. The van der Waals surface area contributed by atoms with Gasteiger partial charge in [-0.1, -0.05) is 12.2 Å². The fourth-order valence-corrected chi connectivity index (χ4v) is 2.36. The lowest BCUT2D eigenvalue weighted by Crippen LogP contribution is -2.52. The summed E-state index contributed by atoms with van der Waals surface area (Å²) in [6, 6.07) is 1.40. The van der Waals surface area contributed by atoms with Crippen LogP contribution >= 0.6 is 0 Å². The van der Waals surface area contributed by atoms with E-state index in [1.807, 2.05) is 0 Å². The van der Waals surface area contributed by atoms with Crippen molar-refractivity contribution >= 4 is 0 Å². The summed E-state index contributed by atoms with van der Waals surface area (Å²) < 4.78 is 0. The molecule has 2 nitrogen and oxygen atoms in total. The maximum absolute atomic E-state index is 3.49. The summed E-state index contributed by atoms with van der Waals surface area (Å²) in [6.07, 6.45) is 8.78. The minimum Gasteiger partial charge on any atom is -0.312 e. The average Bonchev–Trinajstić information content (AvgIpc) is 2.19. The van der Waals surface area contributed by atoms with Gasteiger partial charge in [-0.15, -0.1) is 0 Å². The number of hydrogen-bond donors (Lipinski definition) is 1. The second-order valence-corrected chi connectivity index (χ2v) is 4.28. The lowest BCUT2D eigenvalue weighted by molar-refractivity contribution is 0.163. The van der Waals surface area contributed by atoms with Gasteiger partial charge in [-0.3, -0.25) is 4.90 Å². The lowest BCUT2D eigenvalue weighted by Gasteiger charge is -2.37. The van der Waals surface area contributed by atoms with Gasteiger partial charge in [0, 0.05) is 31.7 Å². The molecule has 1 heterocycles. The Labute approximate surface area is 81.0 Å². The van der Waals surface area contributed by atoms with Crippen molar-refractivity contribution in [1.29, 1.82) is 0 Å². The molecule has 0 spiro atoms. The third kappa shape index (κ3) is 2.32. The van der Waals surface area contributed by atoms with E-state index in [1.165, 1.54) is 32.4 Å². The summed E-state index contributed by atoms with van der Waals surface area (Å²) in [5, 5.41) is 3.49. The second kappa shape index (κ2) is 4.25. The molecule has 0 aromatic rings. The third-order valence-corrected chi connectivity index (χ3v) is 3.10. The maximum Gasteiger partial charge on any atom is 0.0279 e. The van der Waals surface area contributed by atoms with Gasteiger partial charge >= 0.3 is 0 Å². The molecule has 2 heteroatoms. The van der Waals surface area contributed by atoms with E-state index in [4.69, 9.17) is 0 Å². The Morgan fingerprint density at radius 1 is 1.46 bits per heavy atom. The maximum atomic E-state index is 3.49. The van der Waals surface area contributed by atoms with E-state index < -0.39 is 0 Å². The Morgan fingerprint density at radius 2 is 2.38 bits per heavy atom. The van der Waals surface area contributed by atoms with Gasteiger partial charge in [-0.05, 0) is 26.2 Å². The van der Waals surface area contributed by atoms with Crippen LogP contribution in [0.4, 0.5) is 0 Å². The molecular weight excluding hydrogens is 160 g/mol. The van der Waals surface area contributed by atoms with Crippen LogP contribution in [0.3, 0.4) is 0 Å². The average molecular weight is 180 g/mol. The summed E-state index contributed by atoms with van der Waals surface area (Å²) in [5.41, 5.74) is 0. The molecule has 2 rings (SSSR count). The van der Waals surface area contributed by atoms with Crippen molar-refractivity contribution in [2.45, 2.75) is 38.3 Å². The number of nitrogens with zero attached hydrogens (tertiary/aromatic N) is 1. The van der Waals surface area contributed by atoms with Gasteiger partial charge in [0.1, 0.15) is 0 Å². The molecule has 1 aliphatic heterocycles. The van der Waals surface area contributed by atoms with E-state index in [1.54, 1.807) is 0 Å². The summed E-state index contributed by atoms with van der Waals surface area (Å²) in [4.78, 5) is 2.62. The van der Waals surface area contributed by atoms with Crippen molar-refractivity contribution in [3.63, 3.8) is 0 Å². The molecule has 1 aliphatic carbocycles. The number of hydrogen-bond acceptors (Lipinski definition) is 2. The van der Waals surface area contributed by atoms with Crippen LogP contribution in [-0.2, 0) is 0 Å². The van der Waals surface area contributed by atoms with Crippen molar-refractivity contribution in [1.82, 2.24) is 10.2 Å². The smallest absolute Gasteiger partial charge is 0.0279 e. The van der Waals surface area contributed by atoms with Gasteiger partial charge in [-0.25, -0.2) is 0 Å². The van der Waals surface area contributed by atoms with E-state index >= 15 is 0 Å². The zero-order valence-corrected chi connectivity index (χ0v) is 8.50. The van der Waals surface area contributed by atoms with E-state index in [9.17, 15) is 0 Å². The van der Waals surface area contributed by atoms with Crippen molar-refractivity contribution in [3.8, 4) is 0 Å². The fraction of sp³-hybridized carbons (Fsp3) is 0.818. The first kappa shape index (κ1) is 9.22. The Kier molecular flexibility index (Phi) is 3.01. The molecule has 1 fully saturated rings. The van der Waals surface area contributed by atoms with Crippen molar-refractivity contribution in [3.05, 3.63) is 12.2 Å². The summed E-state index contributed by atoms with van der Waals surface area (Å²) in [5.74, 6) is 0. The minimum absolute atomic E-state index is 0.670. The zero-order chi connectivity index (χ0) is 9.10. The quantitative estimate of drug-likeness (QED) is 0.613. The van der Waals surface area contributed by atoms with Crippen LogP contribution in [0.5, 0.6) is 0 Å². The summed E-state index contributed by atoms with van der Waals surface area (Å²) in [6.45, 7) is 5.87. The molecule has 0 amide bonds. The molecule has 1 unspecified atom stereocenters. The standard InChI is InChI=1S/C11H20N2/c1-10-9-13(8-7-12-10)11-5-3-2-4-6-11/h3,5,10-12H,2,4,6-9H2,1H3/t10-,11?/m1/s1. The largest absolute Gasteiger partial charge is 0.312 e. The van der Waals surface area contributed by atoms with Crippen LogP contribution in [0.15, 0.2) is 12.2 Å². The highest BCUT2D eigenvalue weighted by atomic mass is 15.2. The molecule has 0 bridgehead atoms. The van der Waals surface area contributed by atoms with Crippen molar-refractivity contribution in [2.24, 2.45) is 0 Å². The van der Waals surface area contributed by atoms with Crippen molar-refractivity contribution < 1.29 is 0 Å². The van der Waals surface area contributed by atoms with Gasteiger partial charge in [-0.2, -0.15) is 0 Å². The molecule has 0 aromatic carbocycles. The monoisotopic (exact) mass is 180 g/mol. The minimum atomic E-state index is 0.670. The Hall–Kier alpha value is -0.340. The number of rotatable bonds is 1. The second-order valence-electron chi connectivity index (χ2n) is 4.28. The van der Waals surface area contributed by atoms with Crippen LogP contribution in [0.2, 0.25) is 0 Å². The molecule has 2 atom stereocenters. The van der Waals surface area contributed by atoms with Crippen LogP contribution in [0.1, 0.15) is 26.2 Å². The van der Waals surface area contributed by atoms with Crippen LogP contribution < -0.4 is 5.32 Å². The normalized spacial score (nSPS) is 36.4. The van der Waals surface area contributed by atoms with Crippen LogP contribution in [0, 0.1) is 0 Å². The molecule has 1 saturated heterocycles. The first-order chi connectivity index (χ1) is 6.36. The molecular formula is C11H20N2. The van der Waals surface area contributed by atoms with Gasteiger partial charge in [0.25, 0.3) is 0 Å². The molecule has 0 aromatic heterocycles. The molecule has 2 aliphatic rings. The number of nitrogens with one attached hydrogen (secondary N) is 1. The Balaban J connectivity index is 1.91. The van der Waals surface area contributed by atoms with E-state index in [0.717, 1.165) is 12.6 Å². The first-order valence-corrected chi connectivity index (χ1v) is 5.50. The molecule has 0 saturated carbocycles. The molecule has 13 heavy (non-hydrogen) atoms. The van der Waals surface area contributed by atoms with E-state index in [2.05, 4.69) is 29.3 Å². The van der Waals surface area contributed by atoms with E-state index in [0.29, 0.717) is 6.04 Å². The molecule has 1 N–H and O–H groups in total. The predicted molar refractivity (Wildman–Crippen MR) is 55.8 cm³/mol. The highest BCUT2D eigenvalue weighted by Crippen LogP contribution is 2.17. The Morgan fingerprint density at radius 3 is 3.08 bits per heavy atom. The van der Waals surface area contributed by atoms with E-state index in [-0.39, 0.29) is 0 Å². The zero-order valence-electron chi connectivity index (χ0n) is 8.50. The van der Waals surface area contributed by atoms with Gasteiger partial charge in [0.2, 0.25) is 0 Å². The Bertz CT molecular complexity index is 189. The predicted octanol–water partition coefficient (Wildman–Crippen LogP) is 1.39. The number of allylic oxidation sites excluding steroid dienone is 1. The van der Waals surface area contributed by atoms with Gasteiger partial charge < -0.3 is 5.32 Å². The topological polar surface area (TPSA) is 15.3 Å². The highest BCUT2D eigenvalue weighted by molar-refractivity contribution is 4.99. The first-order valence-electron chi connectivity index (χ1n) is 5.50. The highest BCUT2D eigenvalue weighted by Gasteiger charge is 2.22. The number of piperazine rings is 1. The van der Waals surface area contributed by atoms with Crippen LogP contribution in [-0.4, -0.2) is 36.6 Å². The summed E-state index contributed by atoms with van der Waals surface area (Å²) in [7, 11) is 0. The third-order valence-electron chi connectivity index (χ3n) is 3.10. The SMILES string of the molecule is C[C@@H]1CN(C2C=CCCC2)CCN1.